The Morgan fingerprint density at radius 3 is 1.64 bits per heavy atom. The Hall–Kier alpha value is 2.70. The van der Waals surface area contributed by atoms with E-state index in [4.69, 9.17) is 0 Å². The minimum atomic E-state index is -3.13. The normalized spacial score (nSPS) is 10.3. The molecule has 0 saturated heterocycles. The van der Waals surface area contributed by atoms with Crippen molar-refractivity contribution in [3.63, 3.8) is 0 Å². The number of hydrogen-bond donors (Lipinski definition) is 0. The van der Waals surface area contributed by atoms with Crippen molar-refractivity contribution in [2.75, 3.05) is 0 Å². The van der Waals surface area contributed by atoms with Gasteiger partial charge in [-0.2, -0.15) is 0 Å². The van der Waals surface area contributed by atoms with Crippen LogP contribution in [0.15, 0.2) is 0 Å². The third kappa shape index (κ3) is 11.2. The van der Waals surface area contributed by atoms with Crippen molar-refractivity contribution >= 4 is 16.8 Å². The summed E-state index contributed by atoms with van der Waals surface area (Å²) in [6.07, 6.45) is 2.81. The second-order valence-corrected chi connectivity index (χ2v) is 5.93. The van der Waals surface area contributed by atoms with E-state index in [9.17, 15) is 19.6 Å². The van der Waals surface area contributed by atoms with Gasteiger partial charge in [0.2, 0.25) is 0 Å². The van der Waals surface area contributed by atoms with Crippen molar-refractivity contribution < 1.29 is 78.7 Å². The summed E-state index contributed by atoms with van der Waals surface area (Å²) in [7, 11) is -6.27. The first kappa shape index (κ1) is 21.9. The largest absolute Gasteiger partial charge is 1.00 e. The molecule has 0 aliphatic rings. The van der Waals surface area contributed by atoms with E-state index in [-0.39, 0.29) is 65.5 Å². The van der Waals surface area contributed by atoms with Crippen LogP contribution in [-0.2, 0) is 0 Å². The quantitative estimate of drug-likeness (QED) is 0.269. The second-order valence-electron chi connectivity index (χ2n) is 2.69. The molecular weight excluding hydrogens is 244 g/mol. The van der Waals surface area contributed by atoms with Gasteiger partial charge in [0.1, 0.15) is 5.40 Å². The molecule has 0 spiro atoms. The summed E-state index contributed by atoms with van der Waals surface area (Å²) in [5, 5.41) is -1.08. The monoisotopic (exact) mass is 258 g/mol. The van der Waals surface area contributed by atoms with Gasteiger partial charge in [0.25, 0.3) is 0 Å². The molecule has 0 heterocycles. The predicted octanol–water partition coefficient (Wildman–Crippen LogP) is -7.57. The molecule has 0 aliphatic carbocycles. The summed E-state index contributed by atoms with van der Waals surface area (Å²) in [4.78, 5) is 41.7. The van der Waals surface area contributed by atoms with Crippen LogP contribution in [0.25, 0.3) is 0 Å². The fourth-order valence-electron chi connectivity index (χ4n) is 0.930. The molecule has 0 saturated carbocycles. The molecule has 0 aromatic carbocycles. The summed E-state index contributed by atoms with van der Waals surface area (Å²) in [5.41, 5.74) is 0. The first-order valence-electron chi connectivity index (χ1n) is 4.01. The zero-order valence-electron chi connectivity index (χ0n) is 9.04. The van der Waals surface area contributed by atoms with Gasteiger partial charge in [0, 0.05) is 6.42 Å². The van der Waals surface area contributed by atoms with Crippen molar-refractivity contribution in [1.29, 1.82) is 0 Å². The van der Waals surface area contributed by atoms with Crippen LogP contribution in [0.5, 0.6) is 0 Å². The maximum atomic E-state index is 10.4. The van der Waals surface area contributed by atoms with Crippen LogP contribution in [0.2, 0.25) is 0 Å². The van der Waals surface area contributed by atoms with Gasteiger partial charge in [-0.15, -0.1) is 0 Å². The molecule has 0 rings (SSSR count). The van der Waals surface area contributed by atoms with E-state index in [1.807, 2.05) is 6.92 Å². The maximum absolute atomic E-state index is 10.4. The van der Waals surface area contributed by atoms with E-state index in [0.717, 1.165) is 12.8 Å². The average molecular weight is 258 g/mol. The molecule has 0 bridgehead atoms. The van der Waals surface area contributed by atoms with Crippen LogP contribution in [0.1, 0.15) is 32.6 Å². The van der Waals surface area contributed by atoms with Gasteiger partial charge < -0.3 is 19.6 Å². The molecular formula is C6H14Na2O4P2. The van der Waals surface area contributed by atoms with E-state index < -0.39 is 22.2 Å². The molecule has 0 atom stereocenters. The van der Waals surface area contributed by atoms with Gasteiger partial charge in [-0.05, 0) is 6.42 Å². The van der Waals surface area contributed by atoms with Crippen molar-refractivity contribution in [2.45, 2.75) is 38.0 Å². The third-order valence-electron chi connectivity index (χ3n) is 1.67. The molecule has 0 amide bonds. The SMILES string of the molecule is CCCCCC([PH+]([O-])[O-])[PH+]([O-])[O-].[Na+].[Na+]. The molecule has 0 N–H and O–H groups in total. The smallest absolute Gasteiger partial charge is 0.682 e. The van der Waals surface area contributed by atoms with Crippen molar-refractivity contribution in [1.82, 2.24) is 0 Å². The molecule has 0 unspecified atom stereocenters. The van der Waals surface area contributed by atoms with Crippen LogP contribution in [0.3, 0.4) is 0 Å². The predicted molar refractivity (Wildman–Crippen MR) is 44.6 cm³/mol. The average Bonchev–Trinajstić information content (AvgIpc) is 1.96. The van der Waals surface area contributed by atoms with Gasteiger partial charge in [-0.3, -0.25) is 0 Å². The molecule has 4 nitrogen and oxygen atoms in total. The second kappa shape index (κ2) is 13.8. The number of hydrogen-bond acceptors (Lipinski definition) is 4. The Kier molecular flexibility index (Phi) is 21.6. The molecule has 74 valence electrons. The summed E-state index contributed by atoms with van der Waals surface area (Å²) in [5.74, 6) is 0. The molecule has 0 radical (unpaired) electrons. The van der Waals surface area contributed by atoms with Crippen molar-refractivity contribution in [2.24, 2.45) is 0 Å². The van der Waals surface area contributed by atoms with Gasteiger partial charge in [0.05, 0.1) is 0 Å². The number of rotatable bonds is 6. The van der Waals surface area contributed by atoms with Crippen LogP contribution < -0.4 is 78.7 Å². The fourth-order valence-corrected chi connectivity index (χ4v) is 2.58. The van der Waals surface area contributed by atoms with Gasteiger partial charge in [-0.25, -0.2) is 0 Å². The molecule has 0 fully saturated rings. The molecule has 14 heavy (non-hydrogen) atoms. The Morgan fingerprint density at radius 1 is 0.929 bits per heavy atom. The van der Waals surface area contributed by atoms with Crippen LogP contribution in [0.4, 0.5) is 0 Å². The van der Waals surface area contributed by atoms with E-state index in [0.29, 0.717) is 6.42 Å². The van der Waals surface area contributed by atoms with Crippen LogP contribution in [0, 0.1) is 0 Å². The van der Waals surface area contributed by atoms with E-state index in [1.165, 1.54) is 0 Å². The molecule has 0 aliphatic heterocycles. The zero-order chi connectivity index (χ0) is 9.56. The standard InChI is InChI=1S/C6H14O4P2.2Na/c1-2-3-4-5-6(11(7)8)12(9)10;;/h6,11-12H,2-5H2,1H3;;/q-2;2*+1. The van der Waals surface area contributed by atoms with E-state index in [2.05, 4.69) is 0 Å². The topological polar surface area (TPSA) is 92.2 Å². The van der Waals surface area contributed by atoms with Crippen molar-refractivity contribution in [3.8, 4) is 0 Å². The van der Waals surface area contributed by atoms with Gasteiger partial charge in [0.15, 0.2) is 0 Å². The van der Waals surface area contributed by atoms with E-state index in [1.54, 1.807) is 0 Å². The first-order valence-corrected chi connectivity index (χ1v) is 6.80. The zero-order valence-corrected chi connectivity index (χ0v) is 15.0. The minimum Gasteiger partial charge on any atom is -0.682 e. The summed E-state index contributed by atoms with van der Waals surface area (Å²) >= 11 is 0. The minimum absolute atomic E-state index is 0. The molecule has 8 heteroatoms. The van der Waals surface area contributed by atoms with Crippen LogP contribution in [-0.4, -0.2) is 5.40 Å². The third-order valence-corrected chi connectivity index (χ3v) is 4.80. The number of unbranched alkanes of at least 4 members (excludes halogenated alkanes) is 2. The Bertz CT molecular complexity index is 110. The summed E-state index contributed by atoms with van der Waals surface area (Å²) in [6, 6.07) is 0. The molecule has 0 aromatic rings. The Morgan fingerprint density at radius 2 is 1.36 bits per heavy atom. The molecule has 0 aromatic heterocycles. The van der Waals surface area contributed by atoms with Gasteiger partial charge in [-0.1, -0.05) is 36.5 Å². The van der Waals surface area contributed by atoms with Crippen LogP contribution >= 0.6 is 16.8 Å². The first-order chi connectivity index (χ1) is 5.59. The Labute approximate surface area is 132 Å². The summed E-state index contributed by atoms with van der Waals surface area (Å²) < 4.78 is 0. The fraction of sp³-hybridized carbons (Fsp3) is 1.00. The Balaban J connectivity index is -0.000000605. The van der Waals surface area contributed by atoms with Crippen molar-refractivity contribution in [3.05, 3.63) is 0 Å². The van der Waals surface area contributed by atoms with Gasteiger partial charge >= 0.3 is 59.1 Å². The summed E-state index contributed by atoms with van der Waals surface area (Å²) in [6.45, 7) is 1.98. The maximum Gasteiger partial charge on any atom is 1.00 e. The van der Waals surface area contributed by atoms with E-state index >= 15 is 0 Å².